The third-order valence-electron chi connectivity index (χ3n) is 11.9. The van der Waals surface area contributed by atoms with Gasteiger partial charge >= 0.3 is 12.9 Å². The first kappa shape index (κ1) is 53.9. The fourth-order valence-corrected chi connectivity index (χ4v) is 9.54. The van der Waals surface area contributed by atoms with Gasteiger partial charge in [0.05, 0.1) is 44.9 Å². The minimum Gasteiger partial charge on any atom is -0.494 e. The number of halogens is 2. The van der Waals surface area contributed by atoms with Crippen LogP contribution in [0.4, 0.5) is 8.63 Å². The number of carbonyl (C=O) groups is 5. The van der Waals surface area contributed by atoms with Gasteiger partial charge in [-0.05, 0) is 93.0 Å². The average molecular weight is 1010 g/mol. The highest BCUT2D eigenvalue weighted by molar-refractivity contribution is 7.94. The number of quaternary nitrogens is 1. The van der Waals surface area contributed by atoms with Gasteiger partial charge in [0.2, 0.25) is 11.8 Å². The molecule has 2 aromatic heterocycles. The van der Waals surface area contributed by atoms with Crippen LogP contribution in [0.25, 0.3) is 18.2 Å². The molecule has 4 amide bonds. The Bertz CT molecular complexity index is 2460. The highest BCUT2D eigenvalue weighted by Crippen LogP contribution is 2.40. The number of hydroxylamine groups is 2. The van der Waals surface area contributed by atoms with E-state index in [1.807, 2.05) is 60.7 Å². The molecule has 1 fully saturated rings. The first-order valence-corrected chi connectivity index (χ1v) is 25.2. The molecule has 1 saturated heterocycles. The number of fused-ring (bicyclic) bond motifs is 2. The number of imide groups is 1. The van der Waals surface area contributed by atoms with Crippen LogP contribution in [0, 0.1) is 6.92 Å². The molecule has 0 bridgehead atoms. The molecule has 0 spiro atoms. The number of ether oxygens (including phenoxy) is 1. The van der Waals surface area contributed by atoms with Crippen molar-refractivity contribution in [3.05, 3.63) is 92.6 Å². The number of thiophene rings is 1. The van der Waals surface area contributed by atoms with E-state index in [2.05, 4.69) is 41.1 Å². The molecule has 3 N–H and O–H groups in total. The van der Waals surface area contributed by atoms with Gasteiger partial charge in [0.25, 0.3) is 11.8 Å². The molecule has 1 unspecified atom stereocenters. The summed E-state index contributed by atoms with van der Waals surface area (Å²) in [4.78, 5) is 68.8. The number of unbranched alkanes of at least 4 members (excludes halogenated alkanes) is 2. The minimum atomic E-state index is -4.24. The van der Waals surface area contributed by atoms with Gasteiger partial charge in [0.15, 0.2) is 11.4 Å². The van der Waals surface area contributed by atoms with Crippen LogP contribution in [0.15, 0.2) is 65.2 Å². The van der Waals surface area contributed by atoms with E-state index in [9.17, 15) is 24.0 Å². The second-order valence-corrected chi connectivity index (χ2v) is 20.1. The van der Waals surface area contributed by atoms with E-state index in [1.165, 1.54) is 20.3 Å². The number of aryl methyl sites for hydroxylation is 1. The van der Waals surface area contributed by atoms with Crippen LogP contribution >= 0.6 is 23.4 Å². The molecule has 3 aliphatic heterocycles. The van der Waals surface area contributed by atoms with Crippen LogP contribution in [0.3, 0.4) is 0 Å². The number of benzene rings is 1. The number of aromatic nitrogens is 1. The summed E-state index contributed by atoms with van der Waals surface area (Å²) in [6, 6.07) is 11.8. The Labute approximate surface area is 415 Å². The van der Waals surface area contributed by atoms with Crippen molar-refractivity contribution in [2.24, 2.45) is 0 Å². The summed E-state index contributed by atoms with van der Waals surface area (Å²) in [5.74, 6) is -2.00. The molecule has 0 aliphatic carbocycles. The summed E-state index contributed by atoms with van der Waals surface area (Å²) >= 11 is 2.09. The lowest BCUT2D eigenvalue weighted by molar-refractivity contribution is -0.870. The molecule has 0 saturated carbocycles. The summed E-state index contributed by atoms with van der Waals surface area (Å²) in [6.07, 6.45) is 11.5. The van der Waals surface area contributed by atoms with E-state index in [0.29, 0.717) is 84.4 Å². The fourth-order valence-electron chi connectivity index (χ4n) is 8.33. The molecular formula is C48H63BF2N7O10S2+. The molecule has 3 aromatic rings. The number of hydrogen-bond acceptors (Lipinski definition) is 13. The van der Waals surface area contributed by atoms with Gasteiger partial charge in [-0.25, -0.2) is 10.1 Å². The molecule has 70 heavy (non-hydrogen) atoms. The van der Waals surface area contributed by atoms with Crippen molar-refractivity contribution in [1.82, 2.24) is 25.1 Å². The molecule has 22 heteroatoms. The van der Waals surface area contributed by atoms with Crippen LogP contribution in [0.1, 0.15) is 91.6 Å². The average Bonchev–Trinajstić information content (AvgIpc) is 4.11. The van der Waals surface area contributed by atoms with Gasteiger partial charge in [-0.15, -0.1) is 20.7 Å². The third-order valence-corrected chi connectivity index (χ3v) is 13.4. The van der Waals surface area contributed by atoms with Crippen LogP contribution in [0.5, 0.6) is 5.75 Å². The first-order valence-electron chi connectivity index (χ1n) is 23.5. The number of allylic oxidation sites excluding steroid dienone is 2. The monoisotopic (exact) mass is 1010 g/mol. The van der Waals surface area contributed by atoms with Crippen LogP contribution in [0.2, 0.25) is 0 Å². The zero-order valence-electron chi connectivity index (χ0n) is 40.3. The minimum absolute atomic E-state index is 0.0416. The molecule has 5 heterocycles. The zero-order valence-corrected chi connectivity index (χ0v) is 42.0. The first-order chi connectivity index (χ1) is 33.4. The Hall–Kier alpha value is -5.49. The van der Waals surface area contributed by atoms with Crippen molar-refractivity contribution in [3.8, 4) is 5.75 Å². The normalized spacial score (nSPS) is 15.9. The van der Waals surface area contributed by atoms with Crippen LogP contribution < -0.4 is 15.4 Å². The van der Waals surface area contributed by atoms with E-state index < -0.39 is 42.6 Å². The zero-order chi connectivity index (χ0) is 50.4. The number of rotatable bonds is 28. The lowest BCUT2D eigenvalue weighted by Crippen LogP contribution is -2.51. The van der Waals surface area contributed by atoms with Gasteiger partial charge < -0.3 is 47.2 Å². The van der Waals surface area contributed by atoms with Crippen LogP contribution in [-0.2, 0) is 38.2 Å². The number of nitrogens with zero attached hydrogens (tertiary/aromatic N) is 5. The summed E-state index contributed by atoms with van der Waals surface area (Å²) in [7, 11) is 8.28. The number of carbonyl (C=O) groups excluding carboxylic acids is 5. The molecule has 0 radical (unpaired) electrons. The third kappa shape index (κ3) is 14.8. The Morgan fingerprint density at radius 2 is 1.76 bits per heavy atom. The molecule has 17 nitrogen and oxygen atoms in total. The highest BCUT2D eigenvalue weighted by atomic mass is 32.2. The van der Waals surface area contributed by atoms with Crippen molar-refractivity contribution in [2.75, 3.05) is 66.7 Å². The molecule has 1 aromatic carbocycles. The predicted molar refractivity (Wildman–Crippen MR) is 265 cm³/mol. The lowest BCUT2D eigenvalue weighted by Gasteiger charge is -2.31. The Balaban J connectivity index is 0.936. The van der Waals surface area contributed by atoms with Crippen molar-refractivity contribution in [2.45, 2.75) is 77.2 Å². The molecule has 6 rings (SSSR count). The molecule has 1 atom stereocenters. The maximum atomic E-state index is 17.0. The van der Waals surface area contributed by atoms with Gasteiger partial charge in [0.1, 0.15) is 11.8 Å². The van der Waals surface area contributed by atoms with E-state index in [4.69, 9.17) is 14.8 Å². The van der Waals surface area contributed by atoms with Gasteiger partial charge in [-0.2, -0.15) is 0 Å². The number of nitrogens with one attached hydrogen (secondary N) is 2. The topological polar surface area (TPSA) is 181 Å². The van der Waals surface area contributed by atoms with E-state index in [1.54, 1.807) is 30.4 Å². The standard InChI is InChI=1S/C48H62BF2N7O10S2/c1-34-30-37(55-40(34)32-41-36(12-9-27-58(3,4)5)31-42(43-13-11-29-69-43)56(41)49(55,50)51)19-16-35-17-20-38(21-18-35)65-28-10-14-44(59)53-39(33-70-68-67-64)48(63)52-24-26-54(2)25-8-6-7-15-47(62)66-57-45(60)22-23-46(57)61/h11,13,16-21,29-32,39H,6-10,12,14-15,22-28,33H2,1-5H3,(H2-,52,53,59,63,64)/p+1/b19-16+. The number of amides is 4. The summed E-state index contributed by atoms with van der Waals surface area (Å²) in [5, 5.41) is 20.1. The van der Waals surface area contributed by atoms with Crippen LogP contribution in [-0.4, -0.2) is 144 Å². The number of likely N-dealkylation sites (N-methyl/N-ethyl adjacent to an activating group) is 1. The smallest absolute Gasteiger partial charge is 0.494 e. The largest absolute Gasteiger partial charge is 0.737 e. The van der Waals surface area contributed by atoms with E-state index in [0.717, 1.165) is 45.4 Å². The van der Waals surface area contributed by atoms with Crippen molar-refractivity contribution in [1.29, 1.82) is 0 Å². The van der Waals surface area contributed by atoms with Gasteiger partial charge in [-0.3, -0.25) is 19.2 Å². The predicted octanol–water partition coefficient (Wildman–Crippen LogP) is 6.46. The maximum Gasteiger partial charge on any atom is 0.737 e. The van der Waals surface area contributed by atoms with E-state index in [-0.39, 0.29) is 44.6 Å². The van der Waals surface area contributed by atoms with Gasteiger partial charge in [0, 0.05) is 86.3 Å². The Kier molecular flexibility index (Phi) is 19.3. The molecule has 378 valence electrons. The molecular weight excluding hydrogens is 948 g/mol. The Morgan fingerprint density at radius 1 is 1.00 bits per heavy atom. The summed E-state index contributed by atoms with van der Waals surface area (Å²) in [5.41, 5.74) is 4.47. The lowest BCUT2D eigenvalue weighted by atomic mass is 9.88. The highest BCUT2D eigenvalue weighted by Gasteiger charge is 2.54. The second kappa shape index (κ2) is 25.1. The summed E-state index contributed by atoms with van der Waals surface area (Å²) in [6.45, 7) is 0.238. The maximum absolute atomic E-state index is 17.0. The fraction of sp³-hybridized carbons (Fsp3) is 0.458. The van der Waals surface area contributed by atoms with Gasteiger partial charge in [-0.1, -0.05) is 35.7 Å². The SMILES string of the molecule is Cc1cc(/C=C/c2ccc(OCCCC(=O)NC(CSOOO)C(=O)NCCN(C)CCCCCC(=O)ON3C(=O)CCC3=O)cc2)n2c1C=C1C(CCC[N+](C)(C)C)=CC(c3cccs3)=[N+]1[B-]2(F)F. The summed E-state index contributed by atoms with van der Waals surface area (Å²) < 4.78 is 47.5. The van der Waals surface area contributed by atoms with Crippen molar-refractivity contribution < 1.29 is 65.8 Å². The molecule has 3 aliphatic rings. The van der Waals surface area contributed by atoms with Crippen molar-refractivity contribution in [3.63, 3.8) is 0 Å². The van der Waals surface area contributed by atoms with Crippen molar-refractivity contribution >= 4 is 83.9 Å². The number of hydrogen-bond donors (Lipinski definition) is 3. The van der Waals surface area contributed by atoms with E-state index >= 15 is 8.63 Å². The quantitative estimate of drug-likeness (QED) is 0.0138. The Morgan fingerprint density at radius 3 is 2.46 bits per heavy atom. The second-order valence-electron chi connectivity index (χ2n) is 18.5.